The first kappa shape index (κ1) is 13.5. The van der Waals surface area contributed by atoms with Crippen LogP contribution in [0.5, 0.6) is 0 Å². The molecule has 5 heteroatoms. The van der Waals surface area contributed by atoms with Crippen molar-refractivity contribution in [3.8, 4) is 11.4 Å². The molecule has 0 saturated heterocycles. The maximum Gasteiger partial charge on any atom is 0.182 e. The smallest absolute Gasteiger partial charge is 0.182 e. The zero-order valence-electron chi connectivity index (χ0n) is 12.0. The van der Waals surface area contributed by atoms with Gasteiger partial charge in [-0.1, -0.05) is 32.9 Å². The average Bonchev–Trinajstić information content (AvgIpc) is 2.82. The molecule has 0 aliphatic rings. The molecule has 2 N–H and O–H groups in total. The fourth-order valence-corrected chi connectivity index (χ4v) is 2.42. The monoisotopic (exact) mass is 259 g/mol. The van der Waals surface area contributed by atoms with Crippen LogP contribution in [0.2, 0.25) is 0 Å². The molecule has 0 spiro atoms. The summed E-state index contributed by atoms with van der Waals surface area (Å²) in [6.45, 7) is 8.53. The minimum absolute atomic E-state index is 0.297. The van der Waals surface area contributed by atoms with Crippen LogP contribution in [0, 0.1) is 12.8 Å². The van der Waals surface area contributed by atoms with E-state index in [1.807, 2.05) is 29.8 Å². The first-order valence-electron chi connectivity index (χ1n) is 6.69. The van der Waals surface area contributed by atoms with Crippen molar-refractivity contribution in [3.05, 3.63) is 23.8 Å². The Morgan fingerprint density at radius 1 is 1.32 bits per heavy atom. The molecule has 0 radical (unpaired) electrons. The van der Waals surface area contributed by atoms with Gasteiger partial charge in [-0.05, 0) is 41.3 Å². The van der Waals surface area contributed by atoms with Crippen molar-refractivity contribution in [1.82, 2.24) is 20.2 Å². The van der Waals surface area contributed by atoms with Crippen molar-refractivity contribution in [1.29, 1.82) is 0 Å². The van der Waals surface area contributed by atoms with E-state index in [4.69, 9.17) is 5.73 Å². The summed E-state index contributed by atoms with van der Waals surface area (Å²) in [6.07, 6.45) is 0.997. The summed E-state index contributed by atoms with van der Waals surface area (Å²) in [5.74, 6) is 1.28. The highest BCUT2D eigenvalue weighted by Gasteiger charge is 2.21. The Hall–Kier alpha value is -1.91. The Balaban J connectivity index is 2.53. The first-order chi connectivity index (χ1) is 9.06. The molecular formula is C14H21N5. The van der Waals surface area contributed by atoms with Crippen LogP contribution in [0.15, 0.2) is 18.2 Å². The Morgan fingerprint density at radius 3 is 2.68 bits per heavy atom. The molecule has 0 aliphatic heterocycles. The van der Waals surface area contributed by atoms with Crippen LogP contribution < -0.4 is 5.73 Å². The van der Waals surface area contributed by atoms with Gasteiger partial charge < -0.3 is 5.73 Å². The zero-order chi connectivity index (χ0) is 14.0. The van der Waals surface area contributed by atoms with Crippen LogP contribution in [0.25, 0.3) is 11.4 Å². The van der Waals surface area contributed by atoms with Gasteiger partial charge in [0.15, 0.2) is 5.82 Å². The molecule has 0 amide bonds. The maximum absolute atomic E-state index is 5.97. The van der Waals surface area contributed by atoms with Crippen LogP contribution in [0.1, 0.15) is 38.8 Å². The number of hydrogen-bond acceptors (Lipinski definition) is 4. The molecule has 2 aromatic rings. The van der Waals surface area contributed by atoms with E-state index in [9.17, 15) is 0 Å². The molecule has 0 bridgehead atoms. The standard InChI is InChI=1S/C14H21N5/c1-5-13(9(2)3)19-14(16-17-18-19)11-7-6-8-12(15)10(11)4/h6-9,13H,5,15H2,1-4H3. The summed E-state index contributed by atoms with van der Waals surface area (Å²) < 4.78 is 1.92. The first-order valence-corrected chi connectivity index (χ1v) is 6.69. The third-order valence-electron chi connectivity index (χ3n) is 3.61. The van der Waals surface area contributed by atoms with Gasteiger partial charge in [0, 0.05) is 11.3 Å². The number of nitrogens with zero attached hydrogens (tertiary/aromatic N) is 4. The molecule has 1 aromatic carbocycles. The second-order valence-electron chi connectivity index (χ2n) is 5.19. The Morgan fingerprint density at radius 2 is 2.05 bits per heavy atom. The SMILES string of the molecule is CCC(C(C)C)n1nnnc1-c1cccc(N)c1C. The van der Waals surface area contributed by atoms with Crippen molar-refractivity contribution < 1.29 is 0 Å². The molecule has 0 saturated carbocycles. The molecular weight excluding hydrogens is 238 g/mol. The molecule has 19 heavy (non-hydrogen) atoms. The van der Waals surface area contributed by atoms with Crippen LogP contribution in [-0.4, -0.2) is 20.2 Å². The van der Waals surface area contributed by atoms with Gasteiger partial charge in [0.1, 0.15) is 0 Å². The van der Waals surface area contributed by atoms with Gasteiger partial charge in [-0.25, -0.2) is 4.68 Å². The Kier molecular flexibility index (Phi) is 3.83. The molecule has 1 heterocycles. The van der Waals surface area contributed by atoms with Crippen molar-refractivity contribution >= 4 is 5.69 Å². The lowest BCUT2D eigenvalue weighted by atomic mass is 10.0. The van der Waals surface area contributed by atoms with Crippen molar-refractivity contribution in [3.63, 3.8) is 0 Å². The minimum Gasteiger partial charge on any atom is -0.398 e. The van der Waals surface area contributed by atoms with Crippen molar-refractivity contribution in [2.75, 3.05) is 5.73 Å². The number of hydrogen-bond donors (Lipinski definition) is 1. The lowest BCUT2D eigenvalue weighted by Gasteiger charge is -2.20. The molecule has 1 atom stereocenters. The van der Waals surface area contributed by atoms with E-state index in [2.05, 4.69) is 36.3 Å². The van der Waals surface area contributed by atoms with Crippen LogP contribution in [-0.2, 0) is 0 Å². The quantitative estimate of drug-likeness (QED) is 0.857. The van der Waals surface area contributed by atoms with Gasteiger partial charge in [-0.15, -0.1) is 5.10 Å². The molecule has 5 nitrogen and oxygen atoms in total. The van der Waals surface area contributed by atoms with E-state index in [1.165, 1.54) is 0 Å². The fourth-order valence-electron chi connectivity index (χ4n) is 2.42. The zero-order valence-corrected chi connectivity index (χ0v) is 12.0. The molecule has 2 rings (SSSR count). The van der Waals surface area contributed by atoms with E-state index in [0.717, 1.165) is 29.1 Å². The number of benzene rings is 1. The highest BCUT2D eigenvalue weighted by Crippen LogP contribution is 2.29. The van der Waals surface area contributed by atoms with Crippen LogP contribution >= 0.6 is 0 Å². The van der Waals surface area contributed by atoms with Gasteiger partial charge in [0.2, 0.25) is 0 Å². The maximum atomic E-state index is 5.97. The molecule has 0 aliphatic carbocycles. The topological polar surface area (TPSA) is 69.6 Å². The minimum atomic E-state index is 0.297. The van der Waals surface area contributed by atoms with E-state index < -0.39 is 0 Å². The molecule has 102 valence electrons. The number of nitrogen functional groups attached to an aromatic ring is 1. The van der Waals surface area contributed by atoms with Gasteiger partial charge in [-0.2, -0.15) is 0 Å². The lowest BCUT2D eigenvalue weighted by Crippen LogP contribution is -2.17. The number of tetrazole rings is 1. The van der Waals surface area contributed by atoms with Crippen LogP contribution in [0.3, 0.4) is 0 Å². The number of rotatable bonds is 4. The molecule has 0 fully saturated rings. The summed E-state index contributed by atoms with van der Waals surface area (Å²) in [5, 5.41) is 12.2. The van der Waals surface area contributed by atoms with Gasteiger partial charge in [0.05, 0.1) is 6.04 Å². The fraction of sp³-hybridized carbons (Fsp3) is 0.500. The largest absolute Gasteiger partial charge is 0.398 e. The van der Waals surface area contributed by atoms with Crippen LogP contribution in [0.4, 0.5) is 5.69 Å². The predicted molar refractivity (Wildman–Crippen MR) is 76.6 cm³/mol. The highest BCUT2D eigenvalue weighted by atomic mass is 15.5. The number of aromatic nitrogens is 4. The Labute approximate surface area is 113 Å². The summed E-state index contributed by atoms with van der Waals surface area (Å²) in [4.78, 5) is 0. The molecule has 1 unspecified atom stereocenters. The van der Waals surface area contributed by atoms with Gasteiger partial charge >= 0.3 is 0 Å². The van der Waals surface area contributed by atoms with Gasteiger partial charge in [-0.3, -0.25) is 0 Å². The summed E-state index contributed by atoms with van der Waals surface area (Å²) in [5.41, 5.74) is 8.76. The van der Waals surface area contributed by atoms with Crippen molar-refractivity contribution in [2.24, 2.45) is 5.92 Å². The lowest BCUT2D eigenvalue weighted by molar-refractivity contribution is 0.333. The second-order valence-corrected chi connectivity index (χ2v) is 5.19. The third kappa shape index (κ3) is 2.45. The normalized spacial score (nSPS) is 12.9. The number of nitrogens with two attached hydrogens (primary N) is 1. The summed E-state index contributed by atoms with van der Waals surface area (Å²) >= 11 is 0. The van der Waals surface area contributed by atoms with E-state index in [1.54, 1.807) is 0 Å². The predicted octanol–water partition coefficient (Wildman–Crippen LogP) is 2.84. The second kappa shape index (κ2) is 5.38. The van der Waals surface area contributed by atoms with Gasteiger partial charge in [0.25, 0.3) is 0 Å². The van der Waals surface area contributed by atoms with E-state index >= 15 is 0 Å². The summed E-state index contributed by atoms with van der Waals surface area (Å²) in [6, 6.07) is 6.14. The highest BCUT2D eigenvalue weighted by molar-refractivity contribution is 5.67. The summed E-state index contributed by atoms with van der Waals surface area (Å²) in [7, 11) is 0. The number of anilines is 1. The Bertz CT molecular complexity index is 559. The van der Waals surface area contributed by atoms with E-state index in [-0.39, 0.29) is 0 Å². The molecule has 1 aromatic heterocycles. The third-order valence-corrected chi connectivity index (χ3v) is 3.61. The average molecular weight is 259 g/mol. The van der Waals surface area contributed by atoms with Crippen molar-refractivity contribution in [2.45, 2.75) is 40.2 Å². The van der Waals surface area contributed by atoms with E-state index in [0.29, 0.717) is 12.0 Å².